The zero-order valence-electron chi connectivity index (χ0n) is 12.3. The molecule has 0 saturated heterocycles. The number of benzene rings is 1. The molecular weight excluding hydrogens is 307 g/mol. The number of hydrogen-bond acceptors (Lipinski definition) is 2. The van der Waals surface area contributed by atoms with Gasteiger partial charge in [0.15, 0.2) is 0 Å². The Balaban J connectivity index is 2.11. The molecule has 0 spiro atoms. The minimum absolute atomic E-state index is 0.0481. The second-order valence-electron chi connectivity index (χ2n) is 5.36. The Bertz CT molecular complexity index is 557. The van der Waals surface area contributed by atoms with Crippen LogP contribution in [0.25, 0.3) is 0 Å². The van der Waals surface area contributed by atoms with Crippen molar-refractivity contribution in [2.24, 2.45) is 0 Å². The first-order valence-corrected chi connectivity index (χ1v) is 7.90. The smallest absolute Gasteiger partial charge is 0.253 e. The first kappa shape index (κ1) is 16.3. The molecule has 21 heavy (non-hydrogen) atoms. The molecule has 5 heteroatoms. The highest BCUT2D eigenvalue weighted by Crippen LogP contribution is 2.22. The predicted octanol–water partition coefficient (Wildman–Crippen LogP) is 3.76. The summed E-state index contributed by atoms with van der Waals surface area (Å²) < 4.78 is 0. The molecule has 1 aromatic carbocycles. The number of hydrogen-bond donors (Lipinski definition) is 1. The average Bonchev–Trinajstić information content (AvgIpc) is 2.44. The van der Waals surface area contributed by atoms with Gasteiger partial charge >= 0.3 is 0 Å². The van der Waals surface area contributed by atoms with Gasteiger partial charge in [0, 0.05) is 18.1 Å². The molecule has 1 heterocycles. The van der Waals surface area contributed by atoms with Crippen molar-refractivity contribution in [1.82, 2.24) is 10.2 Å². The summed E-state index contributed by atoms with van der Waals surface area (Å²) >= 11 is 12.0. The molecule has 1 aromatic rings. The third-order valence-corrected chi connectivity index (χ3v) is 4.25. The molecular formula is C16H20Cl2N2O. The lowest BCUT2D eigenvalue weighted by atomic mass is 9.99. The third kappa shape index (κ3) is 4.22. The molecule has 0 radical (unpaired) electrons. The number of rotatable bonds is 4. The van der Waals surface area contributed by atoms with E-state index in [-0.39, 0.29) is 11.9 Å². The van der Waals surface area contributed by atoms with Crippen molar-refractivity contribution in [2.45, 2.75) is 25.8 Å². The van der Waals surface area contributed by atoms with E-state index in [1.807, 2.05) is 0 Å². The van der Waals surface area contributed by atoms with E-state index in [0.717, 1.165) is 25.9 Å². The summed E-state index contributed by atoms with van der Waals surface area (Å²) in [5.74, 6) is -0.155. The maximum Gasteiger partial charge on any atom is 0.253 e. The van der Waals surface area contributed by atoms with Gasteiger partial charge < -0.3 is 10.2 Å². The fourth-order valence-electron chi connectivity index (χ4n) is 2.54. The van der Waals surface area contributed by atoms with Crippen molar-refractivity contribution in [3.63, 3.8) is 0 Å². The topological polar surface area (TPSA) is 32.3 Å². The molecule has 0 unspecified atom stereocenters. The second-order valence-corrected chi connectivity index (χ2v) is 6.21. The lowest BCUT2D eigenvalue weighted by Gasteiger charge is -2.28. The molecule has 3 nitrogen and oxygen atoms in total. The number of nitrogens with zero attached hydrogens (tertiary/aromatic N) is 1. The minimum Gasteiger partial charge on any atom is -0.345 e. The van der Waals surface area contributed by atoms with E-state index in [9.17, 15) is 4.79 Å². The van der Waals surface area contributed by atoms with Gasteiger partial charge in [-0.2, -0.15) is 0 Å². The van der Waals surface area contributed by atoms with Crippen molar-refractivity contribution in [3.8, 4) is 0 Å². The number of halogens is 2. The average molecular weight is 327 g/mol. The molecule has 1 N–H and O–H groups in total. The largest absolute Gasteiger partial charge is 0.345 e. The molecule has 1 aliphatic heterocycles. The first-order chi connectivity index (χ1) is 10.0. The van der Waals surface area contributed by atoms with E-state index in [4.69, 9.17) is 23.2 Å². The highest BCUT2D eigenvalue weighted by Gasteiger charge is 2.20. The summed E-state index contributed by atoms with van der Waals surface area (Å²) in [7, 11) is 2.09. The monoisotopic (exact) mass is 326 g/mol. The van der Waals surface area contributed by atoms with E-state index in [1.54, 1.807) is 18.2 Å². The Morgan fingerprint density at radius 2 is 2.19 bits per heavy atom. The molecule has 0 aromatic heterocycles. The van der Waals surface area contributed by atoms with Crippen LogP contribution in [-0.4, -0.2) is 37.0 Å². The maximum atomic E-state index is 12.4. The van der Waals surface area contributed by atoms with Gasteiger partial charge in [-0.05, 0) is 43.7 Å². The van der Waals surface area contributed by atoms with Crippen LogP contribution in [0, 0.1) is 0 Å². The third-order valence-electron chi connectivity index (χ3n) is 3.71. The van der Waals surface area contributed by atoms with E-state index < -0.39 is 0 Å². The fourth-order valence-corrected chi connectivity index (χ4v) is 3.04. The lowest BCUT2D eigenvalue weighted by Crippen LogP contribution is -2.40. The summed E-state index contributed by atoms with van der Waals surface area (Å²) in [6.45, 7) is 4.04. The number of carbonyl (C=O) groups excluding carboxylic acids is 1. The van der Waals surface area contributed by atoms with Crippen LogP contribution < -0.4 is 5.32 Å². The highest BCUT2D eigenvalue weighted by molar-refractivity contribution is 6.36. The van der Waals surface area contributed by atoms with Crippen LogP contribution in [0.15, 0.2) is 29.8 Å². The molecule has 2 rings (SSSR count). The molecule has 1 aliphatic rings. The van der Waals surface area contributed by atoms with Crippen LogP contribution in [0.3, 0.4) is 0 Å². The maximum absolute atomic E-state index is 12.4. The molecule has 0 saturated carbocycles. The second kappa shape index (κ2) is 7.30. The quantitative estimate of drug-likeness (QED) is 0.854. The Morgan fingerprint density at radius 1 is 1.43 bits per heavy atom. The zero-order chi connectivity index (χ0) is 15.4. The van der Waals surface area contributed by atoms with E-state index in [2.05, 4.69) is 30.3 Å². The van der Waals surface area contributed by atoms with Gasteiger partial charge in [0.25, 0.3) is 5.91 Å². The molecule has 0 aliphatic carbocycles. The highest BCUT2D eigenvalue weighted by atomic mass is 35.5. The molecule has 1 atom stereocenters. The Hall–Kier alpha value is -1.03. The number of carbonyl (C=O) groups is 1. The molecule has 0 bridgehead atoms. The molecule has 114 valence electrons. The van der Waals surface area contributed by atoms with Gasteiger partial charge in [-0.25, -0.2) is 0 Å². The first-order valence-electron chi connectivity index (χ1n) is 7.14. The van der Waals surface area contributed by atoms with Crippen LogP contribution in [0.1, 0.15) is 30.1 Å². The predicted molar refractivity (Wildman–Crippen MR) is 88.2 cm³/mol. The Labute approximate surface area is 135 Å². The molecule has 0 fully saturated rings. The summed E-state index contributed by atoms with van der Waals surface area (Å²) in [6.07, 6.45) is 4.12. The normalized spacial score (nSPS) is 17.2. The summed E-state index contributed by atoms with van der Waals surface area (Å²) in [5, 5.41) is 3.98. The van der Waals surface area contributed by atoms with Crippen LogP contribution >= 0.6 is 23.2 Å². The lowest BCUT2D eigenvalue weighted by molar-refractivity contribution is 0.0940. The van der Waals surface area contributed by atoms with E-state index >= 15 is 0 Å². The van der Waals surface area contributed by atoms with Crippen molar-refractivity contribution in [1.29, 1.82) is 0 Å². The van der Waals surface area contributed by atoms with Gasteiger partial charge in [-0.1, -0.05) is 36.2 Å². The van der Waals surface area contributed by atoms with Crippen molar-refractivity contribution in [3.05, 3.63) is 45.5 Å². The van der Waals surface area contributed by atoms with Gasteiger partial charge in [-0.3, -0.25) is 4.79 Å². The SMILES string of the molecule is CC[C@H](NC(=O)c1ccc(Cl)cc1Cl)C1=CCCN(C)C1. The van der Waals surface area contributed by atoms with Crippen LogP contribution in [0.4, 0.5) is 0 Å². The number of amides is 1. The van der Waals surface area contributed by atoms with Crippen molar-refractivity contribution >= 4 is 29.1 Å². The van der Waals surface area contributed by atoms with Gasteiger partial charge in [0.1, 0.15) is 0 Å². The van der Waals surface area contributed by atoms with E-state index in [0.29, 0.717) is 15.6 Å². The zero-order valence-corrected chi connectivity index (χ0v) is 13.8. The van der Waals surface area contributed by atoms with Crippen LogP contribution in [0.5, 0.6) is 0 Å². The van der Waals surface area contributed by atoms with E-state index in [1.165, 1.54) is 5.57 Å². The Kier molecular flexibility index (Phi) is 5.68. The van der Waals surface area contributed by atoms with Crippen molar-refractivity contribution in [2.75, 3.05) is 20.1 Å². The van der Waals surface area contributed by atoms with Crippen LogP contribution in [0.2, 0.25) is 10.0 Å². The van der Waals surface area contributed by atoms with Gasteiger partial charge in [-0.15, -0.1) is 0 Å². The summed E-state index contributed by atoms with van der Waals surface area (Å²) in [4.78, 5) is 14.7. The summed E-state index contributed by atoms with van der Waals surface area (Å²) in [5.41, 5.74) is 1.73. The summed E-state index contributed by atoms with van der Waals surface area (Å²) in [6, 6.07) is 4.98. The van der Waals surface area contributed by atoms with Gasteiger partial charge in [0.2, 0.25) is 0 Å². The van der Waals surface area contributed by atoms with Crippen molar-refractivity contribution < 1.29 is 4.79 Å². The fraction of sp³-hybridized carbons (Fsp3) is 0.438. The van der Waals surface area contributed by atoms with Crippen LogP contribution in [-0.2, 0) is 0 Å². The van der Waals surface area contributed by atoms with Gasteiger partial charge in [0.05, 0.1) is 16.6 Å². The Morgan fingerprint density at radius 3 is 2.81 bits per heavy atom. The molecule has 1 amide bonds. The number of nitrogens with one attached hydrogen (secondary N) is 1. The minimum atomic E-state index is -0.155. The number of likely N-dealkylation sites (N-methyl/N-ethyl adjacent to an activating group) is 1. The standard InChI is InChI=1S/C16H20Cl2N2O/c1-3-15(11-5-4-8-20(2)10-11)19-16(21)13-7-6-12(17)9-14(13)18/h5-7,9,15H,3-4,8,10H2,1-2H3,(H,19,21)/t15-/m0/s1.